The van der Waals surface area contributed by atoms with Gasteiger partial charge in [-0.25, -0.2) is 4.79 Å². The van der Waals surface area contributed by atoms with Gasteiger partial charge in [-0.15, -0.1) is 0 Å². The highest BCUT2D eigenvalue weighted by molar-refractivity contribution is 6.31. The highest BCUT2D eigenvalue weighted by Crippen LogP contribution is 2.25. The van der Waals surface area contributed by atoms with E-state index < -0.39 is 18.0 Å². The van der Waals surface area contributed by atoms with Gasteiger partial charge < -0.3 is 15.4 Å². The van der Waals surface area contributed by atoms with Crippen molar-refractivity contribution in [1.29, 1.82) is 0 Å². The molecule has 0 saturated heterocycles. The van der Waals surface area contributed by atoms with E-state index in [1.54, 1.807) is 48.5 Å². The van der Waals surface area contributed by atoms with Crippen molar-refractivity contribution in [2.24, 2.45) is 0 Å². The predicted octanol–water partition coefficient (Wildman–Crippen LogP) is 4.42. The minimum atomic E-state index is -0.620. The van der Waals surface area contributed by atoms with Gasteiger partial charge in [0.15, 0.2) is 0 Å². The maximum atomic E-state index is 12.2. The number of anilines is 1. The number of ether oxygens (including phenoxy) is 1. The number of rotatable bonds is 5. The standard InChI is InChI=1S/C17H16Cl2N2O3/c1-24-16(22)10-15(13-7-2-3-8-14(13)19)21-17(23)20-12-6-4-5-11(18)9-12/h2-9,15H,10H2,1H3,(H2,20,21,23). The molecule has 0 aliphatic rings. The fourth-order valence-electron chi connectivity index (χ4n) is 2.14. The molecule has 2 N–H and O–H groups in total. The monoisotopic (exact) mass is 366 g/mol. The maximum Gasteiger partial charge on any atom is 0.319 e. The smallest absolute Gasteiger partial charge is 0.319 e. The molecule has 126 valence electrons. The Bertz CT molecular complexity index is 737. The first-order chi connectivity index (χ1) is 11.5. The Balaban J connectivity index is 2.14. The number of halogens is 2. The zero-order valence-electron chi connectivity index (χ0n) is 12.9. The van der Waals surface area contributed by atoms with Crippen LogP contribution in [0.1, 0.15) is 18.0 Å². The minimum Gasteiger partial charge on any atom is -0.469 e. The molecule has 5 nitrogen and oxygen atoms in total. The van der Waals surface area contributed by atoms with Crippen molar-refractivity contribution in [1.82, 2.24) is 5.32 Å². The summed E-state index contributed by atoms with van der Waals surface area (Å²) in [7, 11) is 1.29. The summed E-state index contributed by atoms with van der Waals surface area (Å²) < 4.78 is 4.69. The summed E-state index contributed by atoms with van der Waals surface area (Å²) in [5, 5.41) is 6.35. The first-order valence-electron chi connectivity index (χ1n) is 7.14. The first kappa shape index (κ1) is 18.1. The van der Waals surface area contributed by atoms with E-state index in [9.17, 15) is 9.59 Å². The molecule has 0 radical (unpaired) electrons. The second-order valence-corrected chi connectivity index (χ2v) is 5.81. The summed E-state index contributed by atoms with van der Waals surface area (Å²) in [6, 6.07) is 12.6. The normalized spacial score (nSPS) is 11.5. The molecule has 0 fully saturated rings. The Morgan fingerprint density at radius 3 is 2.54 bits per heavy atom. The number of urea groups is 1. The zero-order chi connectivity index (χ0) is 17.5. The number of carbonyl (C=O) groups excluding carboxylic acids is 2. The van der Waals surface area contributed by atoms with Crippen LogP contribution in [0.5, 0.6) is 0 Å². The molecule has 2 amide bonds. The van der Waals surface area contributed by atoms with E-state index in [0.717, 1.165) is 0 Å². The summed E-state index contributed by atoms with van der Waals surface area (Å²) in [6.07, 6.45) is -0.0385. The summed E-state index contributed by atoms with van der Waals surface area (Å²) in [6.45, 7) is 0. The van der Waals surface area contributed by atoms with Crippen molar-refractivity contribution in [2.75, 3.05) is 12.4 Å². The topological polar surface area (TPSA) is 67.4 Å². The van der Waals surface area contributed by atoms with Crippen LogP contribution in [0.25, 0.3) is 0 Å². The number of amides is 2. The zero-order valence-corrected chi connectivity index (χ0v) is 14.4. The molecule has 0 aromatic heterocycles. The molecule has 1 atom stereocenters. The van der Waals surface area contributed by atoms with Crippen LogP contribution in [0.4, 0.5) is 10.5 Å². The van der Waals surface area contributed by atoms with Gasteiger partial charge >= 0.3 is 12.0 Å². The Morgan fingerprint density at radius 1 is 1.12 bits per heavy atom. The average Bonchev–Trinajstić information content (AvgIpc) is 2.54. The van der Waals surface area contributed by atoms with Gasteiger partial charge in [0.2, 0.25) is 0 Å². The third-order valence-corrected chi connectivity index (χ3v) is 3.85. The number of methoxy groups -OCH3 is 1. The van der Waals surface area contributed by atoms with Crippen LogP contribution in [0.3, 0.4) is 0 Å². The summed E-state index contributed by atoms with van der Waals surface area (Å²) in [5.41, 5.74) is 1.17. The van der Waals surface area contributed by atoms with Crippen molar-refractivity contribution in [3.05, 3.63) is 64.1 Å². The fraction of sp³-hybridized carbons (Fsp3) is 0.176. The number of hydrogen-bond acceptors (Lipinski definition) is 3. The van der Waals surface area contributed by atoms with E-state index in [1.165, 1.54) is 7.11 Å². The second-order valence-electron chi connectivity index (χ2n) is 4.96. The predicted molar refractivity (Wildman–Crippen MR) is 94.4 cm³/mol. The van der Waals surface area contributed by atoms with Crippen molar-refractivity contribution in [3.8, 4) is 0 Å². The number of carbonyl (C=O) groups is 2. The van der Waals surface area contributed by atoms with Crippen molar-refractivity contribution < 1.29 is 14.3 Å². The Hall–Kier alpha value is -2.24. The molecule has 0 aliphatic carbocycles. The van der Waals surface area contributed by atoms with Crippen LogP contribution in [-0.2, 0) is 9.53 Å². The molecule has 0 spiro atoms. The molecule has 2 rings (SSSR count). The van der Waals surface area contributed by atoms with Gasteiger partial charge in [0.05, 0.1) is 19.6 Å². The Labute approximate surface area is 149 Å². The van der Waals surface area contributed by atoms with Gasteiger partial charge in [-0.2, -0.15) is 0 Å². The molecule has 0 aliphatic heterocycles. The highest BCUT2D eigenvalue weighted by atomic mass is 35.5. The quantitative estimate of drug-likeness (QED) is 0.769. The molecule has 2 aromatic carbocycles. The molecular formula is C17H16Cl2N2O3. The lowest BCUT2D eigenvalue weighted by Crippen LogP contribution is -2.34. The van der Waals surface area contributed by atoms with Crippen LogP contribution in [-0.4, -0.2) is 19.1 Å². The van der Waals surface area contributed by atoms with E-state index >= 15 is 0 Å². The Kier molecular flexibility index (Phi) is 6.46. The van der Waals surface area contributed by atoms with Gasteiger partial charge in [-0.1, -0.05) is 47.5 Å². The van der Waals surface area contributed by atoms with E-state index in [4.69, 9.17) is 23.2 Å². The molecule has 1 unspecified atom stereocenters. The number of nitrogens with one attached hydrogen (secondary N) is 2. The van der Waals surface area contributed by atoms with E-state index in [1.807, 2.05) is 0 Å². The van der Waals surface area contributed by atoms with E-state index in [-0.39, 0.29) is 6.42 Å². The largest absolute Gasteiger partial charge is 0.469 e. The molecule has 0 bridgehead atoms. The third-order valence-electron chi connectivity index (χ3n) is 3.27. The molecule has 2 aromatic rings. The summed E-state index contributed by atoms with van der Waals surface area (Å²) in [5.74, 6) is -0.456. The summed E-state index contributed by atoms with van der Waals surface area (Å²) in [4.78, 5) is 23.9. The lowest BCUT2D eigenvalue weighted by molar-refractivity contribution is -0.141. The molecule has 0 saturated carbocycles. The second kappa shape index (κ2) is 8.57. The van der Waals surface area contributed by atoms with Crippen molar-refractivity contribution in [2.45, 2.75) is 12.5 Å². The molecule has 7 heteroatoms. The summed E-state index contributed by atoms with van der Waals surface area (Å²) >= 11 is 12.1. The Morgan fingerprint density at radius 2 is 1.88 bits per heavy atom. The van der Waals surface area contributed by atoms with E-state index in [2.05, 4.69) is 15.4 Å². The van der Waals surface area contributed by atoms with Crippen molar-refractivity contribution in [3.63, 3.8) is 0 Å². The SMILES string of the molecule is COC(=O)CC(NC(=O)Nc1cccc(Cl)c1)c1ccccc1Cl. The molecule has 24 heavy (non-hydrogen) atoms. The number of esters is 1. The van der Waals surface area contributed by atoms with Crippen LogP contribution in [0, 0.1) is 0 Å². The van der Waals surface area contributed by atoms with E-state index in [0.29, 0.717) is 21.3 Å². The molecular weight excluding hydrogens is 351 g/mol. The van der Waals surface area contributed by atoms with Gasteiger partial charge in [0.25, 0.3) is 0 Å². The average molecular weight is 367 g/mol. The van der Waals surface area contributed by atoms with Crippen LogP contribution < -0.4 is 10.6 Å². The van der Waals surface area contributed by atoms with Gasteiger partial charge in [0, 0.05) is 15.7 Å². The van der Waals surface area contributed by atoms with Gasteiger partial charge in [0.1, 0.15) is 0 Å². The van der Waals surface area contributed by atoms with Gasteiger partial charge in [-0.3, -0.25) is 4.79 Å². The van der Waals surface area contributed by atoms with Crippen LogP contribution >= 0.6 is 23.2 Å². The maximum absolute atomic E-state index is 12.2. The molecule has 0 heterocycles. The first-order valence-corrected chi connectivity index (χ1v) is 7.89. The number of benzene rings is 2. The van der Waals surface area contributed by atoms with Crippen LogP contribution in [0.15, 0.2) is 48.5 Å². The fourth-order valence-corrected chi connectivity index (χ4v) is 2.60. The minimum absolute atomic E-state index is 0.0385. The van der Waals surface area contributed by atoms with Gasteiger partial charge in [-0.05, 0) is 29.8 Å². The number of hydrogen-bond donors (Lipinski definition) is 2. The lowest BCUT2D eigenvalue weighted by Gasteiger charge is -2.19. The van der Waals surface area contributed by atoms with Crippen molar-refractivity contribution >= 4 is 40.9 Å². The lowest BCUT2D eigenvalue weighted by atomic mass is 10.0. The highest BCUT2D eigenvalue weighted by Gasteiger charge is 2.21. The third kappa shape index (κ3) is 5.15. The van der Waals surface area contributed by atoms with Crippen LogP contribution in [0.2, 0.25) is 10.0 Å².